The summed E-state index contributed by atoms with van der Waals surface area (Å²) in [6, 6.07) is 0. The Hall–Kier alpha value is -1.10. The number of carboxylic acids is 1. The molecule has 1 fully saturated rings. The highest BCUT2D eigenvalue weighted by Crippen LogP contribution is 2.34. The van der Waals surface area contributed by atoms with Crippen LogP contribution in [0.15, 0.2) is 0 Å². The molecule has 0 saturated carbocycles. The van der Waals surface area contributed by atoms with E-state index in [1.807, 2.05) is 13.8 Å². The van der Waals surface area contributed by atoms with Gasteiger partial charge in [0, 0.05) is 19.5 Å². The van der Waals surface area contributed by atoms with Crippen molar-refractivity contribution < 1.29 is 14.7 Å². The highest BCUT2D eigenvalue weighted by Gasteiger charge is 2.44. The summed E-state index contributed by atoms with van der Waals surface area (Å²) in [6.07, 6.45) is 2.39. The van der Waals surface area contributed by atoms with Gasteiger partial charge in [0.25, 0.3) is 0 Å². The van der Waals surface area contributed by atoms with Crippen molar-refractivity contribution >= 4 is 11.9 Å². The van der Waals surface area contributed by atoms with Crippen LogP contribution in [-0.4, -0.2) is 41.5 Å². The molecular weight excluding hydrogens is 232 g/mol. The number of nitrogens with zero attached hydrogens (tertiary/aromatic N) is 1. The molecule has 104 valence electrons. The van der Waals surface area contributed by atoms with Crippen LogP contribution in [0.25, 0.3) is 0 Å². The van der Waals surface area contributed by atoms with Gasteiger partial charge in [-0.15, -0.1) is 0 Å². The molecule has 18 heavy (non-hydrogen) atoms. The molecular formula is C13H24N2O3. The van der Waals surface area contributed by atoms with Crippen molar-refractivity contribution in [2.75, 3.05) is 19.6 Å². The molecule has 2 atom stereocenters. The van der Waals surface area contributed by atoms with Crippen LogP contribution in [0.4, 0.5) is 0 Å². The maximum atomic E-state index is 12.0. The Kier molecular flexibility index (Phi) is 5.14. The summed E-state index contributed by atoms with van der Waals surface area (Å²) < 4.78 is 0. The quantitative estimate of drug-likeness (QED) is 0.744. The lowest BCUT2D eigenvalue weighted by atomic mass is 9.84. The van der Waals surface area contributed by atoms with Crippen LogP contribution < -0.4 is 5.73 Å². The maximum absolute atomic E-state index is 12.0. The summed E-state index contributed by atoms with van der Waals surface area (Å²) in [7, 11) is 0. The van der Waals surface area contributed by atoms with Gasteiger partial charge in [0.2, 0.25) is 5.91 Å². The smallest absolute Gasteiger partial charge is 0.311 e. The molecule has 1 aliphatic rings. The van der Waals surface area contributed by atoms with Crippen molar-refractivity contribution in [3.05, 3.63) is 0 Å². The number of carboxylic acid groups (broad SMARTS) is 1. The first kappa shape index (κ1) is 15.0. The second-order valence-electron chi connectivity index (χ2n) is 5.38. The number of likely N-dealkylation sites (tertiary alicyclic amines) is 1. The van der Waals surface area contributed by atoms with Gasteiger partial charge in [0.1, 0.15) is 0 Å². The number of carbonyl (C=O) groups is 2. The van der Waals surface area contributed by atoms with Gasteiger partial charge in [0.15, 0.2) is 0 Å². The Balaban J connectivity index is 2.50. The van der Waals surface area contributed by atoms with Gasteiger partial charge in [-0.1, -0.05) is 13.8 Å². The zero-order valence-corrected chi connectivity index (χ0v) is 11.3. The average molecular weight is 256 g/mol. The predicted molar refractivity (Wildman–Crippen MR) is 69.0 cm³/mol. The Morgan fingerprint density at radius 2 is 2.17 bits per heavy atom. The number of carbonyl (C=O) groups excluding carboxylic acids is 1. The summed E-state index contributed by atoms with van der Waals surface area (Å²) in [5, 5.41) is 9.27. The maximum Gasteiger partial charge on any atom is 0.311 e. The largest absolute Gasteiger partial charge is 0.481 e. The van der Waals surface area contributed by atoms with E-state index in [0.29, 0.717) is 44.8 Å². The van der Waals surface area contributed by atoms with E-state index < -0.39 is 11.4 Å². The minimum absolute atomic E-state index is 0.0619. The van der Waals surface area contributed by atoms with E-state index in [1.165, 1.54) is 0 Å². The van der Waals surface area contributed by atoms with Crippen molar-refractivity contribution in [3.8, 4) is 0 Å². The number of hydrogen-bond acceptors (Lipinski definition) is 3. The minimum Gasteiger partial charge on any atom is -0.481 e. The molecule has 5 nitrogen and oxygen atoms in total. The van der Waals surface area contributed by atoms with Crippen LogP contribution in [0.1, 0.15) is 39.5 Å². The Morgan fingerprint density at radius 3 is 2.61 bits per heavy atom. The molecule has 0 bridgehead atoms. The molecule has 3 N–H and O–H groups in total. The summed E-state index contributed by atoms with van der Waals surface area (Å²) in [4.78, 5) is 25.0. The van der Waals surface area contributed by atoms with Gasteiger partial charge in [-0.3, -0.25) is 9.59 Å². The molecule has 0 aromatic heterocycles. The molecule has 5 heteroatoms. The van der Waals surface area contributed by atoms with Gasteiger partial charge in [-0.2, -0.15) is 0 Å². The lowest BCUT2D eigenvalue weighted by molar-refractivity contribution is -0.148. The van der Waals surface area contributed by atoms with E-state index in [-0.39, 0.29) is 5.91 Å². The van der Waals surface area contributed by atoms with Crippen LogP contribution in [0, 0.1) is 11.3 Å². The van der Waals surface area contributed by atoms with Gasteiger partial charge in [0.05, 0.1) is 5.41 Å². The molecule has 1 heterocycles. The normalized spacial score (nSPS) is 25.2. The third-order valence-corrected chi connectivity index (χ3v) is 4.09. The molecule has 0 radical (unpaired) electrons. The van der Waals surface area contributed by atoms with Crippen molar-refractivity contribution in [2.45, 2.75) is 39.5 Å². The Labute approximate surface area is 108 Å². The first-order valence-corrected chi connectivity index (χ1v) is 6.66. The molecule has 0 aromatic rings. The SMILES string of the molecule is CCC1(C(=O)O)CCN(C(=O)CCC(C)CN)C1. The third-order valence-electron chi connectivity index (χ3n) is 4.09. The van der Waals surface area contributed by atoms with E-state index in [0.717, 1.165) is 6.42 Å². The minimum atomic E-state index is -0.782. The van der Waals surface area contributed by atoms with Gasteiger partial charge in [-0.25, -0.2) is 0 Å². The average Bonchev–Trinajstić information content (AvgIpc) is 2.81. The summed E-state index contributed by atoms with van der Waals surface area (Å²) >= 11 is 0. The standard InChI is InChI=1S/C13H24N2O3/c1-3-13(12(17)18)6-7-15(9-13)11(16)5-4-10(2)8-14/h10H,3-9,14H2,1-2H3,(H,17,18). The first-order chi connectivity index (χ1) is 8.45. The summed E-state index contributed by atoms with van der Waals surface area (Å²) in [5.41, 5.74) is 4.79. The summed E-state index contributed by atoms with van der Waals surface area (Å²) in [5.74, 6) is -0.380. The summed E-state index contributed by atoms with van der Waals surface area (Å²) in [6.45, 7) is 5.40. The van der Waals surface area contributed by atoms with Crippen molar-refractivity contribution in [2.24, 2.45) is 17.1 Å². The zero-order valence-electron chi connectivity index (χ0n) is 11.3. The number of aliphatic carboxylic acids is 1. The molecule has 1 rings (SSSR count). The third kappa shape index (κ3) is 3.22. The van der Waals surface area contributed by atoms with Crippen molar-refractivity contribution in [1.29, 1.82) is 0 Å². The Morgan fingerprint density at radius 1 is 1.50 bits per heavy atom. The molecule has 1 aliphatic heterocycles. The number of hydrogen-bond donors (Lipinski definition) is 2. The van der Waals surface area contributed by atoms with Crippen LogP contribution in [0.3, 0.4) is 0 Å². The lowest BCUT2D eigenvalue weighted by Crippen LogP contribution is -2.36. The van der Waals surface area contributed by atoms with Gasteiger partial charge in [-0.05, 0) is 31.7 Å². The van der Waals surface area contributed by atoms with E-state index in [9.17, 15) is 14.7 Å². The zero-order chi connectivity index (χ0) is 13.8. The second-order valence-corrected chi connectivity index (χ2v) is 5.38. The van der Waals surface area contributed by atoms with Crippen LogP contribution in [-0.2, 0) is 9.59 Å². The second kappa shape index (κ2) is 6.18. The van der Waals surface area contributed by atoms with Gasteiger partial charge >= 0.3 is 5.97 Å². The molecule has 0 spiro atoms. The van der Waals surface area contributed by atoms with Crippen molar-refractivity contribution in [3.63, 3.8) is 0 Å². The first-order valence-electron chi connectivity index (χ1n) is 6.66. The van der Waals surface area contributed by atoms with Gasteiger partial charge < -0.3 is 15.7 Å². The van der Waals surface area contributed by atoms with Crippen LogP contribution in [0.2, 0.25) is 0 Å². The molecule has 1 saturated heterocycles. The highest BCUT2D eigenvalue weighted by atomic mass is 16.4. The van der Waals surface area contributed by atoms with E-state index in [1.54, 1.807) is 4.90 Å². The monoisotopic (exact) mass is 256 g/mol. The number of amides is 1. The van der Waals surface area contributed by atoms with Crippen LogP contribution in [0.5, 0.6) is 0 Å². The van der Waals surface area contributed by atoms with E-state index >= 15 is 0 Å². The number of rotatable bonds is 6. The fourth-order valence-electron chi connectivity index (χ4n) is 2.35. The lowest BCUT2D eigenvalue weighted by Gasteiger charge is -2.23. The Bertz CT molecular complexity index is 319. The molecule has 2 unspecified atom stereocenters. The predicted octanol–water partition coefficient (Wildman–Crippen LogP) is 1.07. The van der Waals surface area contributed by atoms with Crippen molar-refractivity contribution in [1.82, 2.24) is 4.90 Å². The van der Waals surface area contributed by atoms with E-state index in [2.05, 4.69) is 0 Å². The van der Waals surface area contributed by atoms with E-state index in [4.69, 9.17) is 5.73 Å². The molecule has 0 aliphatic carbocycles. The highest BCUT2D eigenvalue weighted by molar-refractivity contribution is 5.80. The molecule has 1 amide bonds. The topological polar surface area (TPSA) is 83.6 Å². The van der Waals surface area contributed by atoms with Crippen LogP contribution >= 0.6 is 0 Å². The number of nitrogens with two attached hydrogens (primary N) is 1. The fraction of sp³-hybridized carbons (Fsp3) is 0.846. The molecule has 0 aromatic carbocycles. The fourth-order valence-corrected chi connectivity index (χ4v) is 2.35.